The number of para-hydroxylation sites is 1. The third-order valence-corrected chi connectivity index (χ3v) is 6.60. The van der Waals surface area contributed by atoms with Gasteiger partial charge in [-0.05, 0) is 25.0 Å². The number of aromatic nitrogens is 1. The molecule has 1 aromatic heterocycles. The minimum atomic E-state index is -2.88. The number of nitrogens with zero attached hydrogens (tertiary/aromatic N) is 2. The molecule has 3 amide bonds. The molecule has 2 aliphatic rings. The van der Waals surface area contributed by atoms with Gasteiger partial charge in [0.05, 0.1) is 12.1 Å². The topological polar surface area (TPSA) is 79.4 Å². The van der Waals surface area contributed by atoms with Crippen LogP contribution in [0.2, 0.25) is 0 Å². The molecule has 3 aromatic rings. The summed E-state index contributed by atoms with van der Waals surface area (Å²) in [6, 6.07) is 12.2. The fourth-order valence-corrected chi connectivity index (χ4v) is 4.66. The number of hydrogen-bond acceptors (Lipinski definition) is 4. The predicted molar refractivity (Wildman–Crippen MR) is 118 cm³/mol. The van der Waals surface area contributed by atoms with Crippen molar-refractivity contribution >= 4 is 28.6 Å². The SMILES string of the molecule is O=C(CN1C(=O)NC2(CCC(F)(F)CC2)C1=O)c1ccc(-c2cccc3cccnc23)c(F)c1. The summed E-state index contributed by atoms with van der Waals surface area (Å²) >= 11 is 0. The first-order valence-electron chi connectivity index (χ1n) is 10.9. The summed E-state index contributed by atoms with van der Waals surface area (Å²) < 4.78 is 42.1. The number of amides is 3. The number of ketones is 1. The second-order valence-electron chi connectivity index (χ2n) is 8.76. The van der Waals surface area contributed by atoms with Crippen LogP contribution in [-0.4, -0.2) is 45.6 Å². The summed E-state index contributed by atoms with van der Waals surface area (Å²) in [5.74, 6) is -4.85. The van der Waals surface area contributed by atoms with Crippen molar-refractivity contribution in [3.8, 4) is 11.1 Å². The first-order valence-corrected chi connectivity index (χ1v) is 10.9. The standard InChI is InChI=1S/C25H20F3N3O3/c26-19-13-16(6-7-17(19)18-5-1-3-15-4-2-12-29-21(15)18)20(32)14-31-22(33)24(30-23(31)34)8-10-25(27,28)11-9-24/h1-7,12-13H,8-11,14H2,(H,30,34). The first-order chi connectivity index (χ1) is 16.2. The highest BCUT2D eigenvalue weighted by Gasteiger charge is 2.55. The Bertz CT molecular complexity index is 1330. The van der Waals surface area contributed by atoms with Gasteiger partial charge >= 0.3 is 6.03 Å². The molecule has 2 aromatic carbocycles. The zero-order valence-corrected chi connectivity index (χ0v) is 18.0. The van der Waals surface area contributed by atoms with E-state index >= 15 is 4.39 Å². The number of benzene rings is 2. The summed E-state index contributed by atoms with van der Waals surface area (Å²) in [7, 11) is 0. The second kappa shape index (κ2) is 7.93. The number of imide groups is 1. The van der Waals surface area contributed by atoms with E-state index in [0.29, 0.717) is 11.1 Å². The van der Waals surface area contributed by atoms with E-state index in [9.17, 15) is 23.2 Å². The molecule has 2 heterocycles. The molecule has 1 saturated carbocycles. The quantitative estimate of drug-likeness (QED) is 0.445. The Hall–Kier alpha value is -3.75. The van der Waals surface area contributed by atoms with Crippen LogP contribution in [0.1, 0.15) is 36.0 Å². The molecule has 0 unspecified atom stereocenters. The van der Waals surface area contributed by atoms with Gasteiger partial charge in [-0.15, -0.1) is 0 Å². The van der Waals surface area contributed by atoms with Crippen LogP contribution in [0.15, 0.2) is 54.7 Å². The number of rotatable bonds is 4. The number of carbonyl (C=O) groups excluding carboxylic acids is 3. The van der Waals surface area contributed by atoms with Gasteiger partial charge in [0.2, 0.25) is 5.92 Å². The molecule has 34 heavy (non-hydrogen) atoms. The van der Waals surface area contributed by atoms with Gasteiger partial charge < -0.3 is 5.32 Å². The van der Waals surface area contributed by atoms with Crippen molar-refractivity contribution < 1.29 is 27.6 Å². The number of halogens is 3. The lowest BCUT2D eigenvalue weighted by molar-refractivity contribution is -0.135. The van der Waals surface area contributed by atoms with Gasteiger partial charge in [-0.2, -0.15) is 0 Å². The average molecular weight is 467 g/mol. The van der Waals surface area contributed by atoms with Gasteiger partial charge in [-0.1, -0.05) is 36.4 Å². The predicted octanol–water partition coefficient (Wildman–Crippen LogP) is 4.72. The number of Topliss-reactive ketones (excluding diaryl/α,β-unsaturated/α-hetero) is 1. The third kappa shape index (κ3) is 3.70. The summed E-state index contributed by atoms with van der Waals surface area (Å²) in [5, 5.41) is 3.33. The van der Waals surface area contributed by atoms with E-state index in [-0.39, 0.29) is 24.0 Å². The van der Waals surface area contributed by atoms with Crippen LogP contribution in [0.5, 0.6) is 0 Å². The smallest absolute Gasteiger partial charge is 0.323 e. The molecule has 2 fully saturated rings. The first kappa shape index (κ1) is 22.1. The maximum atomic E-state index is 15.0. The van der Waals surface area contributed by atoms with Crippen LogP contribution in [0.25, 0.3) is 22.0 Å². The lowest BCUT2D eigenvalue weighted by Crippen LogP contribution is -2.51. The zero-order chi connectivity index (χ0) is 24.1. The van der Waals surface area contributed by atoms with E-state index in [0.717, 1.165) is 16.4 Å². The normalized spacial score (nSPS) is 19.0. The van der Waals surface area contributed by atoms with Crippen molar-refractivity contribution in [3.05, 3.63) is 66.1 Å². The van der Waals surface area contributed by atoms with Crippen molar-refractivity contribution in [3.63, 3.8) is 0 Å². The molecule has 1 aliphatic heterocycles. The molecule has 1 saturated heterocycles. The Morgan fingerprint density at radius 1 is 1.00 bits per heavy atom. The van der Waals surface area contributed by atoms with Crippen molar-refractivity contribution in [2.24, 2.45) is 0 Å². The monoisotopic (exact) mass is 467 g/mol. The van der Waals surface area contributed by atoms with Crippen molar-refractivity contribution in [1.29, 1.82) is 0 Å². The van der Waals surface area contributed by atoms with Crippen molar-refractivity contribution in [1.82, 2.24) is 15.2 Å². The van der Waals surface area contributed by atoms with Crippen LogP contribution in [0, 0.1) is 5.82 Å². The van der Waals surface area contributed by atoms with Gasteiger partial charge in [0.1, 0.15) is 11.4 Å². The highest BCUT2D eigenvalue weighted by Crippen LogP contribution is 2.41. The molecule has 174 valence electrons. The number of urea groups is 1. The molecule has 0 bridgehead atoms. The Labute approximate surface area is 192 Å². The van der Waals surface area contributed by atoms with E-state index in [1.165, 1.54) is 12.1 Å². The Balaban J connectivity index is 1.36. The zero-order valence-electron chi connectivity index (χ0n) is 18.0. The Kier molecular flexibility index (Phi) is 5.15. The second-order valence-corrected chi connectivity index (χ2v) is 8.76. The fourth-order valence-electron chi connectivity index (χ4n) is 4.66. The van der Waals surface area contributed by atoms with Gasteiger partial charge in [0.25, 0.3) is 5.91 Å². The van der Waals surface area contributed by atoms with E-state index in [2.05, 4.69) is 10.3 Å². The van der Waals surface area contributed by atoms with Crippen LogP contribution in [0.3, 0.4) is 0 Å². The average Bonchev–Trinajstić information content (AvgIpc) is 3.05. The number of alkyl halides is 2. The molecular formula is C25H20F3N3O3. The fraction of sp³-hybridized carbons (Fsp3) is 0.280. The van der Waals surface area contributed by atoms with Crippen LogP contribution in [-0.2, 0) is 4.79 Å². The van der Waals surface area contributed by atoms with Gasteiger partial charge in [-0.25, -0.2) is 18.0 Å². The lowest BCUT2D eigenvalue weighted by Gasteiger charge is -2.34. The Morgan fingerprint density at radius 3 is 2.47 bits per heavy atom. The largest absolute Gasteiger partial charge is 0.325 e. The van der Waals surface area contributed by atoms with Crippen LogP contribution >= 0.6 is 0 Å². The summed E-state index contributed by atoms with van der Waals surface area (Å²) in [6.45, 7) is -0.600. The summed E-state index contributed by atoms with van der Waals surface area (Å²) in [6.07, 6.45) is 0.183. The molecule has 0 atom stereocenters. The van der Waals surface area contributed by atoms with Gasteiger partial charge in [-0.3, -0.25) is 19.5 Å². The molecule has 0 radical (unpaired) electrons. The number of pyridine rings is 1. The molecule has 1 spiro atoms. The lowest BCUT2D eigenvalue weighted by atomic mass is 9.80. The maximum absolute atomic E-state index is 15.0. The van der Waals surface area contributed by atoms with E-state index in [1.807, 2.05) is 12.1 Å². The van der Waals surface area contributed by atoms with E-state index in [4.69, 9.17) is 0 Å². The minimum absolute atomic E-state index is 0.00817. The third-order valence-electron chi connectivity index (χ3n) is 6.60. The van der Waals surface area contributed by atoms with Crippen molar-refractivity contribution in [2.45, 2.75) is 37.1 Å². The Morgan fingerprint density at radius 2 is 1.74 bits per heavy atom. The van der Waals surface area contributed by atoms with E-state index in [1.54, 1.807) is 24.4 Å². The maximum Gasteiger partial charge on any atom is 0.325 e. The molecule has 6 nitrogen and oxygen atoms in total. The molecule has 5 rings (SSSR count). The highest BCUT2D eigenvalue weighted by molar-refractivity contribution is 6.11. The molecule has 1 N–H and O–H groups in total. The highest BCUT2D eigenvalue weighted by atomic mass is 19.3. The van der Waals surface area contributed by atoms with Crippen molar-refractivity contribution in [2.75, 3.05) is 6.54 Å². The number of fused-ring (bicyclic) bond motifs is 1. The number of hydrogen-bond donors (Lipinski definition) is 1. The van der Waals surface area contributed by atoms with Gasteiger partial charge in [0.15, 0.2) is 5.78 Å². The van der Waals surface area contributed by atoms with Gasteiger partial charge in [0, 0.05) is 41.1 Å². The molecule has 1 aliphatic carbocycles. The van der Waals surface area contributed by atoms with Crippen LogP contribution in [0.4, 0.5) is 18.0 Å². The molecule has 9 heteroatoms. The summed E-state index contributed by atoms with van der Waals surface area (Å²) in [5.41, 5.74) is 0.0321. The number of carbonyl (C=O) groups is 3. The van der Waals surface area contributed by atoms with Crippen LogP contribution < -0.4 is 5.32 Å². The minimum Gasteiger partial charge on any atom is -0.323 e. The molecular weight excluding hydrogens is 447 g/mol. The van der Waals surface area contributed by atoms with E-state index < -0.39 is 54.4 Å². The summed E-state index contributed by atoms with van der Waals surface area (Å²) in [4.78, 5) is 43.1. The number of nitrogens with one attached hydrogen (secondary N) is 1.